The largest absolute Gasteiger partial charge is 0.338 e. The van der Waals surface area contributed by atoms with Gasteiger partial charge in [-0.15, -0.1) is 0 Å². The van der Waals surface area contributed by atoms with Crippen molar-refractivity contribution < 1.29 is 0 Å². The average molecular weight is 301 g/mol. The summed E-state index contributed by atoms with van der Waals surface area (Å²) in [6, 6.07) is 0. The monoisotopic (exact) mass is 301 g/mol. The maximum absolute atomic E-state index is 4.70. The van der Waals surface area contributed by atoms with Crippen LogP contribution in [0.1, 0.15) is 49.0 Å². The van der Waals surface area contributed by atoms with Gasteiger partial charge in [-0.3, -0.25) is 9.58 Å². The average Bonchev–Trinajstić information content (AvgIpc) is 3.19. The van der Waals surface area contributed by atoms with Crippen LogP contribution in [0.3, 0.4) is 0 Å². The zero-order valence-corrected chi connectivity index (χ0v) is 14.2. The normalized spacial score (nSPS) is 19.2. The summed E-state index contributed by atoms with van der Waals surface area (Å²) in [7, 11) is 4.17. The Morgan fingerprint density at radius 1 is 1.23 bits per heavy atom. The molecule has 5 heteroatoms. The molecule has 1 saturated heterocycles. The molecule has 1 atom stereocenters. The molecule has 0 spiro atoms. The number of aromatic nitrogens is 4. The van der Waals surface area contributed by atoms with Gasteiger partial charge in [-0.1, -0.05) is 13.8 Å². The first-order valence-electron chi connectivity index (χ1n) is 8.37. The molecule has 5 nitrogen and oxygen atoms in total. The number of hydrogen-bond donors (Lipinski definition) is 0. The summed E-state index contributed by atoms with van der Waals surface area (Å²) in [5.41, 5.74) is 4.10. The van der Waals surface area contributed by atoms with E-state index in [0.717, 1.165) is 32.5 Å². The molecule has 0 radical (unpaired) electrons. The Labute approximate surface area is 133 Å². The van der Waals surface area contributed by atoms with Gasteiger partial charge in [-0.2, -0.15) is 5.10 Å². The van der Waals surface area contributed by atoms with Gasteiger partial charge in [0.2, 0.25) is 0 Å². The molecule has 3 rings (SSSR count). The fourth-order valence-corrected chi connectivity index (χ4v) is 3.75. The molecule has 0 aliphatic carbocycles. The summed E-state index contributed by atoms with van der Waals surface area (Å²) in [5.74, 6) is 1.78. The number of rotatable bonds is 5. The zero-order chi connectivity index (χ0) is 15.7. The Bertz CT molecular complexity index is 640. The SMILES string of the molecule is CCc1nn(C)c(CC)c1CN1CC[C@H](c2nccn2C)C1. The predicted octanol–water partition coefficient (Wildman–Crippen LogP) is 2.27. The van der Waals surface area contributed by atoms with Crippen LogP contribution in [0.25, 0.3) is 0 Å². The van der Waals surface area contributed by atoms with Crippen LogP contribution in [0.5, 0.6) is 0 Å². The molecule has 1 aliphatic heterocycles. The van der Waals surface area contributed by atoms with Crippen LogP contribution in [0, 0.1) is 0 Å². The summed E-state index contributed by atoms with van der Waals surface area (Å²) in [5, 5.41) is 4.70. The highest BCUT2D eigenvalue weighted by Crippen LogP contribution is 2.28. The van der Waals surface area contributed by atoms with Gasteiger partial charge < -0.3 is 4.57 Å². The molecule has 0 unspecified atom stereocenters. The fraction of sp³-hybridized carbons (Fsp3) is 0.647. The molecule has 0 saturated carbocycles. The Kier molecular flexibility index (Phi) is 4.34. The Morgan fingerprint density at radius 3 is 2.68 bits per heavy atom. The minimum Gasteiger partial charge on any atom is -0.338 e. The van der Waals surface area contributed by atoms with Crippen LogP contribution in [-0.4, -0.2) is 37.3 Å². The minimum absolute atomic E-state index is 0.562. The molecule has 120 valence electrons. The molecule has 1 aliphatic rings. The van der Waals surface area contributed by atoms with Crippen molar-refractivity contribution >= 4 is 0 Å². The van der Waals surface area contributed by atoms with E-state index in [-0.39, 0.29) is 0 Å². The number of hydrogen-bond acceptors (Lipinski definition) is 3. The van der Waals surface area contributed by atoms with Crippen molar-refractivity contribution in [3.05, 3.63) is 35.2 Å². The number of imidazole rings is 1. The molecular formula is C17H27N5. The van der Waals surface area contributed by atoms with Crippen LogP contribution in [0.15, 0.2) is 12.4 Å². The van der Waals surface area contributed by atoms with Crippen molar-refractivity contribution in [2.75, 3.05) is 13.1 Å². The van der Waals surface area contributed by atoms with Crippen molar-refractivity contribution in [2.45, 2.75) is 45.6 Å². The van der Waals surface area contributed by atoms with Gasteiger partial charge in [0.15, 0.2) is 0 Å². The lowest BCUT2D eigenvalue weighted by Gasteiger charge is -2.17. The van der Waals surface area contributed by atoms with E-state index in [2.05, 4.69) is 47.1 Å². The van der Waals surface area contributed by atoms with Crippen LogP contribution in [-0.2, 0) is 33.5 Å². The standard InChI is InChI=1S/C17H27N5/c1-5-15-14(16(6-2)21(4)19-15)12-22-9-7-13(11-22)17-18-8-10-20(17)3/h8,10,13H,5-7,9,11-12H2,1-4H3/t13-/m0/s1. The fourth-order valence-electron chi connectivity index (χ4n) is 3.75. The van der Waals surface area contributed by atoms with Crippen molar-refractivity contribution in [1.29, 1.82) is 0 Å². The highest BCUT2D eigenvalue weighted by atomic mass is 15.3. The van der Waals surface area contributed by atoms with E-state index in [1.165, 1.54) is 29.2 Å². The lowest BCUT2D eigenvalue weighted by Crippen LogP contribution is -2.21. The van der Waals surface area contributed by atoms with Crippen molar-refractivity contribution in [2.24, 2.45) is 14.1 Å². The second kappa shape index (κ2) is 6.24. The minimum atomic E-state index is 0.562. The van der Waals surface area contributed by atoms with Crippen LogP contribution < -0.4 is 0 Å². The summed E-state index contributed by atoms with van der Waals surface area (Å²) >= 11 is 0. The number of nitrogens with zero attached hydrogens (tertiary/aromatic N) is 5. The quantitative estimate of drug-likeness (QED) is 0.850. The highest BCUT2D eigenvalue weighted by molar-refractivity contribution is 5.27. The third kappa shape index (κ3) is 2.70. The second-order valence-corrected chi connectivity index (χ2v) is 6.32. The third-order valence-electron chi connectivity index (χ3n) is 4.91. The zero-order valence-electron chi connectivity index (χ0n) is 14.2. The molecule has 0 aromatic carbocycles. The second-order valence-electron chi connectivity index (χ2n) is 6.32. The van der Waals surface area contributed by atoms with E-state index < -0.39 is 0 Å². The van der Waals surface area contributed by atoms with Crippen LogP contribution >= 0.6 is 0 Å². The Hall–Kier alpha value is -1.62. The van der Waals surface area contributed by atoms with Gasteiger partial charge in [-0.25, -0.2) is 4.98 Å². The summed E-state index contributed by atoms with van der Waals surface area (Å²) < 4.78 is 4.23. The van der Waals surface area contributed by atoms with E-state index in [1.807, 2.05) is 12.4 Å². The molecule has 0 amide bonds. The summed E-state index contributed by atoms with van der Waals surface area (Å²) in [6.45, 7) is 7.71. The molecule has 1 fully saturated rings. The first-order valence-corrected chi connectivity index (χ1v) is 8.37. The number of aryl methyl sites for hydroxylation is 3. The molecule has 2 aromatic rings. The van der Waals surface area contributed by atoms with E-state index >= 15 is 0 Å². The lowest BCUT2D eigenvalue weighted by molar-refractivity contribution is 0.323. The number of likely N-dealkylation sites (tertiary alicyclic amines) is 1. The topological polar surface area (TPSA) is 38.9 Å². The molecule has 0 bridgehead atoms. The van der Waals surface area contributed by atoms with E-state index in [9.17, 15) is 0 Å². The smallest absolute Gasteiger partial charge is 0.112 e. The Balaban J connectivity index is 1.74. The summed E-state index contributed by atoms with van der Waals surface area (Å²) in [6.07, 6.45) is 7.22. The van der Waals surface area contributed by atoms with Gasteiger partial charge in [0.25, 0.3) is 0 Å². The maximum Gasteiger partial charge on any atom is 0.112 e. The molecule has 2 aromatic heterocycles. The van der Waals surface area contributed by atoms with Crippen LogP contribution in [0.2, 0.25) is 0 Å². The van der Waals surface area contributed by atoms with Gasteiger partial charge in [0, 0.05) is 56.8 Å². The van der Waals surface area contributed by atoms with Crippen molar-refractivity contribution in [1.82, 2.24) is 24.2 Å². The summed E-state index contributed by atoms with van der Waals surface area (Å²) in [4.78, 5) is 7.09. The molecule has 22 heavy (non-hydrogen) atoms. The molecule has 0 N–H and O–H groups in total. The van der Waals surface area contributed by atoms with E-state index in [0.29, 0.717) is 5.92 Å². The van der Waals surface area contributed by atoms with Gasteiger partial charge in [0.1, 0.15) is 5.82 Å². The molecular weight excluding hydrogens is 274 g/mol. The molecule has 3 heterocycles. The van der Waals surface area contributed by atoms with Gasteiger partial charge in [0.05, 0.1) is 5.69 Å². The highest BCUT2D eigenvalue weighted by Gasteiger charge is 2.28. The van der Waals surface area contributed by atoms with Crippen molar-refractivity contribution in [3.63, 3.8) is 0 Å². The van der Waals surface area contributed by atoms with Crippen LogP contribution in [0.4, 0.5) is 0 Å². The lowest BCUT2D eigenvalue weighted by atomic mass is 10.1. The van der Waals surface area contributed by atoms with Gasteiger partial charge in [-0.05, 0) is 25.8 Å². The van der Waals surface area contributed by atoms with Crippen molar-refractivity contribution in [3.8, 4) is 0 Å². The first kappa shape index (κ1) is 15.3. The first-order chi connectivity index (χ1) is 10.6. The van der Waals surface area contributed by atoms with Gasteiger partial charge >= 0.3 is 0 Å². The maximum atomic E-state index is 4.70. The third-order valence-corrected chi connectivity index (χ3v) is 4.91. The van der Waals surface area contributed by atoms with E-state index in [4.69, 9.17) is 5.10 Å². The predicted molar refractivity (Wildman–Crippen MR) is 87.8 cm³/mol. The van der Waals surface area contributed by atoms with E-state index in [1.54, 1.807) is 0 Å². The Morgan fingerprint density at radius 2 is 2.05 bits per heavy atom.